The Bertz CT molecular complexity index is 439. The minimum atomic E-state index is -0.468. The quantitative estimate of drug-likeness (QED) is 0.586. The first-order valence-electron chi connectivity index (χ1n) is 6.09. The zero-order valence-corrected chi connectivity index (χ0v) is 11.4. The van der Waals surface area contributed by atoms with Crippen LogP contribution in [0, 0.1) is 0 Å². The fraction of sp³-hybridized carbons (Fsp3) is 0.125. The lowest BCUT2D eigenvalue weighted by molar-refractivity contribution is 0.270. The van der Waals surface area contributed by atoms with Gasteiger partial charge in [-0.15, -0.1) is 0 Å². The third kappa shape index (κ3) is 3.45. The molecule has 2 aromatic carbocycles. The van der Waals surface area contributed by atoms with Crippen LogP contribution in [0.2, 0.25) is 0 Å². The van der Waals surface area contributed by atoms with Crippen LogP contribution >= 0.6 is 7.92 Å². The Morgan fingerprint density at radius 1 is 0.889 bits per heavy atom. The van der Waals surface area contributed by atoms with Crippen LogP contribution in [0.15, 0.2) is 72.7 Å². The molecule has 0 unspecified atom stereocenters. The van der Waals surface area contributed by atoms with E-state index in [0.29, 0.717) is 6.61 Å². The van der Waals surface area contributed by atoms with Gasteiger partial charge < -0.3 is 4.74 Å². The second-order valence-electron chi connectivity index (χ2n) is 3.78. The number of hydrogen-bond donors (Lipinski definition) is 0. The Hall–Kier alpha value is -1.59. The summed E-state index contributed by atoms with van der Waals surface area (Å²) in [4.78, 5) is 0. The summed E-state index contributed by atoms with van der Waals surface area (Å²) in [6, 6.07) is 21.1. The number of ether oxygens (including phenoxy) is 1. The van der Waals surface area contributed by atoms with E-state index < -0.39 is 7.92 Å². The average Bonchev–Trinajstić information content (AvgIpc) is 2.46. The zero-order chi connectivity index (χ0) is 12.6. The Morgan fingerprint density at radius 2 is 1.39 bits per heavy atom. The highest BCUT2D eigenvalue weighted by Crippen LogP contribution is 2.34. The maximum atomic E-state index is 5.34. The van der Waals surface area contributed by atoms with Gasteiger partial charge in [-0.2, -0.15) is 0 Å². The molecule has 0 spiro atoms. The van der Waals surface area contributed by atoms with E-state index >= 15 is 0 Å². The Kier molecular flexibility index (Phi) is 4.99. The summed E-state index contributed by atoms with van der Waals surface area (Å²) in [5.74, 6) is 2.17. The third-order valence-electron chi connectivity index (χ3n) is 2.54. The Labute approximate surface area is 110 Å². The molecule has 1 nitrogen and oxygen atoms in total. The van der Waals surface area contributed by atoms with Crippen molar-refractivity contribution >= 4 is 18.5 Å². The molecule has 0 heterocycles. The second-order valence-corrected chi connectivity index (χ2v) is 5.85. The maximum Gasteiger partial charge on any atom is 0.0845 e. The van der Waals surface area contributed by atoms with E-state index in [4.69, 9.17) is 4.74 Å². The molecule has 0 aliphatic rings. The highest BCUT2D eigenvalue weighted by molar-refractivity contribution is 7.75. The van der Waals surface area contributed by atoms with Crippen molar-refractivity contribution in [3.05, 3.63) is 72.7 Å². The van der Waals surface area contributed by atoms with E-state index in [1.807, 2.05) is 25.3 Å². The van der Waals surface area contributed by atoms with Gasteiger partial charge in [0, 0.05) is 0 Å². The summed E-state index contributed by atoms with van der Waals surface area (Å²) in [6.07, 6.45) is 1.83. The van der Waals surface area contributed by atoms with Crippen molar-refractivity contribution < 1.29 is 4.74 Å². The summed E-state index contributed by atoms with van der Waals surface area (Å²) in [5, 5.41) is 2.68. The fourth-order valence-electron chi connectivity index (χ4n) is 1.70. The molecule has 92 valence electrons. The molecule has 0 saturated heterocycles. The van der Waals surface area contributed by atoms with E-state index in [0.717, 1.165) is 0 Å². The average molecular weight is 256 g/mol. The monoisotopic (exact) mass is 256 g/mol. The van der Waals surface area contributed by atoms with Gasteiger partial charge in [-0.05, 0) is 31.3 Å². The molecule has 0 amide bonds. The first-order valence-corrected chi connectivity index (χ1v) is 7.50. The lowest BCUT2D eigenvalue weighted by atomic mass is 10.4. The van der Waals surface area contributed by atoms with E-state index in [-0.39, 0.29) is 0 Å². The van der Waals surface area contributed by atoms with E-state index in [1.165, 1.54) is 10.6 Å². The van der Waals surface area contributed by atoms with Crippen LogP contribution in [0.3, 0.4) is 0 Å². The van der Waals surface area contributed by atoms with Crippen molar-refractivity contribution in [3.63, 3.8) is 0 Å². The van der Waals surface area contributed by atoms with Crippen molar-refractivity contribution in [1.82, 2.24) is 0 Å². The molecule has 2 heteroatoms. The van der Waals surface area contributed by atoms with E-state index in [1.54, 1.807) is 0 Å². The molecule has 0 aliphatic carbocycles. The molecule has 2 rings (SSSR count). The summed E-state index contributed by atoms with van der Waals surface area (Å²) in [7, 11) is -0.468. The van der Waals surface area contributed by atoms with Crippen molar-refractivity contribution in [2.75, 3.05) is 6.61 Å². The highest BCUT2D eigenvalue weighted by Gasteiger charge is 2.09. The van der Waals surface area contributed by atoms with Gasteiger partial charge in [0.05, 0.1) is 12.9 Å². The first-order chi connectivity index (χ1) is 8.92. The third-order valence-corrected chi connectivity index (χ3v) is 4.67. The molecule has 0 radical (unpaired) electrons. The molecule has 0 fully saturated rings. The zero-order valence-electron chi connectivity index (χ0n) is 10.5. The molecular formula is C16H17OP. The molecule has 0 saturated carbocycles. The number of rotatable bonds is 5. The maximum absolute atomic E-state index is 5.34. The number of benzene rings is 2. The summed E-state index contributed by atoms with van der Waals surface area (Å²) < 4.78 is 5.34. The molecular weight excluding hydrogens is 239 g/mol. The largest absolute Gasteiger partial charge is 0.501 e. The van der Waals surface area contributed by atoms with Gasteiger partial charge in [-0.3, -0.25) is 0 Å². The Balaban J connectivity index is 2.29. The smallest absolute Gasteiger partial charge is 0.0845 e. The molecule has 0 aromatic heterocycles. The van der Waals surface area contributed by atoms with Crippen LogP contribution in [-0.4, -0.2) is 6.61 Å². The summed E-state index contributed by atoms with van der Waals surface area (Å²) in [6.45, 7) is 2.71. The van der Waals surface area contributed by atoms with Gasteiger partial charge in [0.2, 0.25) is 0 Å². The first kappa shape index (κ1) is 12.9. The van der Waals surface area contributed by atoms with Gasteiger partial charge >= 0.3 is 0 Å². The topological polar surface area (TPSA) is 9.23 Å². The van der Waals surface area contributed by atoms with Gasteiger partial charge in [0.1, 0.15) is 0 Å². The number of hydrogen-bond acceptors (Lipinski definition) is 1. The molecule has 2 aromatic rings. The van der Waals surface area contributed by atoms with Crippen molar-refractivity contribution in [1.29, 1.82) is 0 Å². The summed E-state index contributed by atoms with van der Waals surface area (Å²) in [5.41, 5.74) is 0. The van der Waals surface area contributed by atoms with Crippen LogP contribution in [0.1, 0.15) is 6.92 Å². The van der Waals surface area contributed by atoms with E-state index in [2.05, 4.69) is 54.3 Å². The van der Waals surface area contributed by atoms with Crippen LogP contribution in [0.25, 0.3) is 0 Å². The highest BCUT2D eigenvalue weighted by atomic mass is 31.1. The lowest BCUT2D eigenvalue weighted by Gasteiger charge is -2.14. The Morgan fingerprint density at radius 3 is 1.83 bits per heavy atom. The van der Waals surface area contributed by atoms with Gasteiger partial charge in [-0.25, -0.2) is 0 Å². The van der Waals surface area contributed by atoms with Crippen LogP contribution in [0.4, 0.5) is 0 Å². The predicted molar refractivity (Wildman–Crippen MR) is 79.8 cm³/mol. The second kappa shape index (κ2) is 6.98. The lowest BCUT2D eigenvalue weighted by Crippen LogP contribution is -2.09. The molecule has 0 bridgehead atoms. The predicted octanol–water partition coefficient (Wildman–Crippen LogP) is 3.63. The van der Waals surface area contributed by atoms with Gasteiger partial charge in [0.15, 0.2) is 0 Å². The van der Waals surface area contributed by atoms with Gasteiger partial charge in [0.25, 0.3) is 0 Å². The standard InChI is InChI=1S/C16H17OP/c1-2-17-13-14-18(15-9-5-3-6-10-15)16-11-7-4-8-12-16/h3-14H,2H2,1H3. The summed E-state index contributed by atoms with van der Waals surface area (Å²) >= 11 is 0. The van der Waals surface area contributed by atoms with Crippen LogP contribution in [-0.2, 0) is 4.74 Å². The van der Waals surface area contributed by atoms with E-state index in [9.17, 15) is 0 Å². The molecule has 18 heavy (non-hydrogen) atoms. The molecule has 0 atom stereocenters. The van der Waals surface area contributed by atoms with Crippen molar-refractivity contribution in [2.24, 2.45) is 0 Å². The van der Waals surface area contributed by atoms with Crippen LogP contribution < -0.4 is 10.6 Å². The van der Waals surface area contributed by atoms with Crippen molar-refractivity contribution in [2.45, 2.75) is 6.92 Å². The minimum Gasteiger partial charge on any atom is -0.501 e. The minimum absolute atomic E-state index is 0.468. The molecule has 0 N–H and O–H groups in total. The van der Waals surface area contributed by atoms with Crippen molar-refractivity contribution in [3.8, 4) is 0 Å². The normalized spacial score (nSPS) is 11.0. The SMILES string of the molecule is CCOC=CP(c1ccccc1)c1ccccc1. The van der Waals surface area contributed by atoms with Crippen LogP contribution in [0.5, 0.6) is 0 Å². The fourth-order valence-corrected chi connectivity index (χ4v) is 3.54. The van der Waals surface area contributed by atoms with Gasteiger partial charge in [-0.1, -0.05) is 60.7 Å². The molecule has 0 aliphatic heterocycles.